The number of nitrogens with zero attached hydrogens (tertiary/aromatic N) is 1. The normalized spacial score (nSPS) is 11.1. The molecule has 0 aromatic heterocycles. The fraction of sp³-hybridized carbons (Fsp3) is 0.455. The van der Waals surface area contributed by atoms with Crippen LogP contribution in [0, 0.1) is 5.82 Å². The summed E-state index contributed by atoms with van der Waals surface area (Å²) in [6.07, 6.45) is 1.09. The van der Waals surface area contributed by atoms with Crippen LogP contribution in [-0.4, -0.2) is 38.2 Å². The van der Waals surface area contributed by atoms with Crippen molar-refractivity contribution in [2.75, 3.05) is 33.3 Å². The van der Waals surface area contributed by atoms with Gasteiger partial charge in [-0.15, -0.1) is 0 Å². The highest BCUT2D eigenvalue weighted by atomic mass is 35.5. The third-order valence-electron chi connectivity index (χ3n) is 4.67. The SMILES string of the molecule is CCN(CC)CCCNCc1cc(Cl)c(OCc2ccccc2F)c(OC)c1. The molecular weight excluding hydrogens is 379 g/mol. The summed E-state index contributed by atoms with van der Waals surface area (Å²) in [5.74, 6) is 0.671. The van der Waals surface area contributed by atoms with Gasteiger partial charge < -0.3 is 19.7 Å². The van der Waals surface area contributed by atoms with Gasteiger partial charge in [-0.2, -0.15) is 0 Å². The van der Waals surface area contributed by atoms with E-state index in [0.29, 0.717) is 28.6 Å². The van der Waals surface area contributed by atoms with Gasteiger partial charge in [0.15, 0.2) is 11.5 Å². The minimum atomic E-state index is -0.303. The first-order valence-electron chi connectivity index (χ1n) is 9.74. The van der Waals surface area contributed by atoms with Crippen molar-refractivity contribution in [3.63, 3.8) is 0 Å². The Kier molecular flexibility index (Phi) is 9.55. The molecule has 0 amide bonds. The molecular formula is C22H30ClFN2O2. The molecule has 1 N–H and O–H groups in total. The van der Waals surface area contributed by atoms with Crippen molar-refractivity contribution in [1.29, 1.82) is 0 Å². The van der Waals surface area contributed by atoms with Crippen molar-refractivity contribution in [3.05, 3.63) is 58.4 Å². The molecule has 28 heavy (non-hydrogen) atoms. The van der Waals surface area contributed by atoms with E-state index < -0.39 is 0 Å². The number of hydrogen-bond donors (Lipinski definition) is 1. The van der Waals surface area contributed by atoms with Gasteiger partial charge in [-0.1, -0.05) is 43.6 Å². The van der Waals surface area contributed by atoms with Crippen LogP contribution >= 0.6 is 11.6 Å². The number of ether oxygens (including phenoxy) is 2. The molecule has 0 heterocycles. The Labute approximate surface area is 172 Å². The fourth-order valence-electron chi connectivity index (χ4n) is 2.98. The average molecular weight is 409 g/mol. The van der Waals surface area contributed by atoms with Gasteiger partial charge >= 0.3 is 0 Å². The maximum Gasteiger partial charge on any atom is 0.180 e. The van der Waals surface area contributed by atoms with Gasteiger partial charge in [-0.25, -0.2) is 4.39 Å². The fourth-order valence-corrected chi connectivity index (χ4v) is 3.27. The molecule has 0 spiro atoms. The van der Waals surface area contributed by atoms with Crippen LogP contribution in [0.1, 0.15) is 31.4 Å². The van der Waals surface area contributed by atoms with E-state index in [1.165, 1.54) is 6.07 Å². The quantitative estimate of drug-likeness (QED) is 0.507. The third kappa shape index (κ3) is 6.66. The highest BCUT2D eigenvalue weighted by Gasteiger charge is 2.13. The largest absolute Gasteiger partial charge is 0.493 e. The second-order valence-electron chi connectivity index (χ2n) is 6.55. The van der Waals surface area contributed by atoms with Gasteiger partial charge in [0.25, 0.3) is 0 Å². The predicted molar refractivity (Wildman–Crippen MR) is 113 cm³/mol. The lowest BCUT2D eigenvalue weighted by Gasteiger charge is -2.18. The van der Waals surface area contributed by atoms with Gasteiger partial charge in [0.05, 0.1) is 12.1 Å². The molecule has 0 unspecified atom stereocenters. The number of methoxy groups -OCH3 is 1. The lowest BCUT2D eigenvalue weighted by molar-refractivity contribution is 0.279. The van der Waals surface area contributed by atoms with Crippen LogP contribution in [0.4, 0.5) is 4.39 Å². The Balaban J connectivity index is 1.92. The van der Waals surface area contributed by atoms with Crippen molar-refractivity contribution in [1.82, 2.24) is 10.2 Å². The zero-order chi connectivity index (χ0) is 20.4. The molecule has 0 saturated heterocycles. The Morgan fingerprint density at radius 2 is 1.89 bits per heavy atom. The summed E-state index contributed by atoms with van der Waals surface area (Å²) >= 11 is 6.41. The first kappa shape index (κ1) is 22.5. The van der Waals surface area contributed by atoms with Gasteiger partial charge in [0, 0.05) is 12.1 Å². The maximum atomic E-state index is 13.8. The molecule has 2 aromatic rings. The monoisotopic (exact) mass is 408 g/mol. The van der Waals surface area contributed by atoms with E-state index in [4.69, 9.17) is 21.1 Å². The molecule has 0 fully saturated rings. The molecule has 0 aliphatic rings. The van der Waals surface area contributed by atoms with E-state index in [-0.39, 0.29) is 12.4 Å². The second-order valence-corrected chi connectivity index (χ2v) is 6.95. The topological polar surface area (TPSA) is 33.7 Å². The number of hydrogen-bond acceptors (Lipinski definition) is 4. The number of halogens is 2. The van der Waals surface area contributed by atoms with E-state index in [1.807, 2.05) is 12.1 Å². The Bertz CT molecular complexity index is 738. The molecule has 154 valence electrons. The molecule has 0 atom stereocenters. The minimum Gasteiger partial charge on any atom is -0.493 e. The average Bonchev–Trinajstić information content (AvgIpc) is 2.70. The molecule has 0 aliphatic heterocycles. The van der Waals surface area contributed by atoms with Crippen molar-refractivity contribution >= 4 is 11.6 Å². The third-order valence-corrected chi connectivity index (χ3v) is 4.95. The summed E-state index contributed by atoms with van der Waals surface area (Å²) in [6, 6.07) is 10.3. The zero-order valence-corrected chi connectivity index (χ0v) is 17.7. The Hall–Kier alpha value is -1.82. The molecule has 6 heteroatoms. The lowest BCUT2D eigenvalue weighted by atomic mass is 10.2. The summed E-state index contributed by atoms with van der Waals surface area (Å²) in [5.41, 5.74) is 1.49. The van der Waals surface area contributed by atoms with Crippen molar-refractivity contribution in [2.24, 2.45) is 0 Å². The molecule has 0 saturated carbocycles. The first-order valence-corrected chi connectivity index (χ1v) is 10.1. The molecule has 0 radical (unpaired) electrons. The first-order chi connectivity index (χ1) is 13.6. The van der Waals surface area contributed by atoms with Gasteiger partial charge in [0.2, 0.25) is 0 Å². The van der Waals surface area contributed by atoms with Crippen LogP contribution in [0.15, 0.2) is 36.4 Å². The molecule has 2 aromatic carbocycles. The highest BCUT2D eigenvalue weighted by Crippen LogP contribution is 2.37. The number of nitrogens with one attached hydrogen (secondary N) is 1. The highest BCUT2D eigenvalue weighted by molar-refractivity contribution is 6.32. The standard InChI is InChI=1S/C22H30ClFN2O2/c1-4-26(5-2)12-8-11-25-15-17-13-19(23)22(21(14-17)27-3)28-16-18-9-6-7-10-20(18)24/h6-7,9-10,13-14,25H,4-5,8,11-12,15-16H2,1-3H3. The van der Waals surface area contributed by atoms with Gasteiger partial charge in [-0.05, 0) is 56.4 Å². The summed E-state index contributed by atoms with van der Waals surface area (Å²) in [6.45, 7) is 9.33. The smallest absolute Gasteiger partial charge is 0.180 e. The summed E-state index contributed by atoms with van der Waals surface area (Å²) in [7, 11) is 1.57. The molecule has 4 nitrogen and oxygen atoms in total. The van der Waals surface area contributed by atoms with Crippen molar-refractivity contribution in [2.45, 2.75) is 33.4 Å². The van der Waals surface area contributed by atoms with E-state index in [2.05, 4.69) is 24.1 Å². The minimum absolute atomic E-state index is 0.0890. The zero-order valence-electron chi connectivity index (χ0n) is 16.9. The van der Waals surface area contributed by atoms with Gasteiger partial charge in [-0.3, -0.25) is 0 Å². The lowest BCUT2D eigenvalue weighted by Crippen LogP contribution is -2.27. The summed E-state index contributed by atoms with van der Waals surface area (Å²) in [5, 5.41) is 3.89. The predicted octanol–water partition coefficient (Wildman–Crippen LogP) is 4.89. The Morgan fingerprint density at radius 3 is 2.57 bits per heavy atom. The van der Waals surface area contributed by atoms with E-state index in [9.17, 15) is 4.39 Å². The van der Waals surface area contributed by atoms with Crippen molar-refractivity contribution in [3.8, 4) is 11.5 Å². The molecule has 0 aliphatic carbocycles. The Morgan fingerprint density at radius 1 is 1.14 bits per heavy atom. The summed E-state index contributed by atoms with van der Waals surface area (Å²) in [4.78, 5) is 2.41. The van der Waals surface area contributed by atoms with E-state index in [1.54, 1.807) is 25.3 Å². The number of rotatable bonds is 12. The molecule has 0 bridgehead atoms. The van der Waals surface area contributed by atoms with Crippen molar-refractivity contribution < 1.29 is 13.9 Å². The van der Waals surface area contributed by atoms with Crippen LogP contribution in [0.3, 0.4) is 0 Å². The number of benzene rings is 2. The van der Waals surface area contributed by atoms with Gasteiger partial charge in [0.1, 0.15) is 12.4 Å². The van der Waals surface area contributed by atoms with Crippen LogP contribution in [0.5, 0.6) is 11.5 Å². The summed E-state index contributed by atoms with van der Waals surface area (Å²) < 4.78 is 25.0. The molecule has 2 rings (SSSR count). The van der Waals surface area contributed by atoms with E-state index in [0.717, 1.165) is 38.2 Å². The van der Waals surface area contributed by atoms with E-state index >= 15 is 0 Å². The van der Waals surface area contributed by atoms with Crippen LogP contribution in [-0.2, 0) is 13.2 Å². The van der Waals surface area contributed by atoms with Crippen LogP contribution < -0.4 is 14.8 Å². The maximum absolute atomic E-state index is 13.8. The second kappa shape index (κ2) is 11.9. The van der Waals surface area contributed by atoms with Crippen LogP contribution in [0.2, 0.25) is 5.02 Å². The van der Waals surface area contributed by atoms with Crippen LogP contribution in [0.25, 0.3) is 0 Å².